The van der Waals surface area contributed by atoms with Crippen molar-refractivity contribution in [2.45, 2.75) is 12.5 Å². The van der Waals surface area contributed by atoms with E-state index in [0.29, 0.717) is 29.1 Å². The molecule has 2 aromatic carbocycles. The fraction of sp³-hybridized carbons (Fsp3) is 0.158. The number of amides is 1. The molecule has 122 valence electrons. The summed E-state index contributed by atoms with van der Waals surface area (Å²) in [7, 11) is 0. The maximum atomic E-state index is 12.4. The summed E-state index contributed by atoms with van der Waals surface area (Å²) >= 11 is 6.14. The number of rotatable bonds is 5. The van der Waals surface area contributed by atoms with Gasteiger partial charge >= 0.3 is 0 Å². The zero-order valence-corrected chi connectivity index (χ0v) is 13.7. The Morgan fingerprint density at radius 1 is 1.12 bits per heavy atom. The molecule has 1 atom stereocenters. The van der Waals surface area contributed by atoms with E-state index in [4.69, 9.17) is 11.6 Å². The van der Waals surface area contributed by atoms with E-state index >= 15 is 0 Å². The van der Waals surface area contributed by atoms with E-state index in [-0.39, 0.29) is 5.91 Å². The van der Waals surface area contributed by atoms with Crippen molar-refractivity contribution in [2.24, 2.45) is 0 Å². The second kappa shape index (κ2) is 7.43. The minimum absolute atomic E-state index is 0.226. The number of halogens is 1. The smallest absolute Gasteiger partial charge is 0.253 e. The Balaban J connectivity index is 1.67. The number of nitrogens with zero attached hydrogens (tertiary/aromatic N) is 1. The number of carbonyl (C=O) groups excluding carboxylic acids is 1. The first-order valence-electron chi connectivity index (χ1n) is 7.71. The molecule has 0 saturated carbocycles. The SMILES string of the molecule is O=C(NCCC(O)c1ccccc1)c1ccc(Cl)c2cccnc12. The summed E-state index contributed by atoms with van der Waals surface area (Å²) in [5.41, 5.74) is 1.89. The lowest BCUT2D eigenvalue weighted by Crippen LogP contribution is -2.26. The molecule has 1 aromatic heterocycles. The third-order valence-electron chi connectivity index (χ3n) is 3.85. The van der Waals surface area contributed by atoms with Crippen molar-refractivity contribution in [3.63, 3.8) is 0 Å². The molecule has 1 heterocycles. The van der Waals surface area contributed by atoms with Crippen molar-refractivity contribution in [1.29, 1.82) is 0 Å². The third kappa shape index (κ3) is 3.55. The Morgan fingerprint density at radius 2 is 1.92 bits per heavy atom. The van der Waals surface area contributed by atoms with Crippen LogP contribution >= 0.6 is 11.6 Å². The lowest BCUT2D eigenvalue weighted by molar-refractivity contribution is 0.0944. The molecule has 3 aromatic rings. The largest absolute Gasteiger partial charge is 0.388 e. The Kier molecular flexibility index (Phi) is 5.08. The highest BCUT2D eigenvalue weighted by Gasteiger charge is 2.13. The van der Waals surface area contributed by atoms with Crippen LogP contribution in [-0.4, -0.2) is 22.5 Å². The summed E-state index contributed by atoms with van der Waals surface area (Å²) < 4.78 is 0. The molecule has 3 rings (SSSR count). The lowest BCUT2D eigenvalue weighted by Gasteiger charge is -2.12. The minimum atomic E-state index is -0.605. The van der Waals surface area contributed by atoms with Crippen LogP contribution in [0.4, 0.5) is 0 Å². The predicted octanol–water partition coefficient (Wildman–Crippen LogP) is 3.74. The number of carbonyl (C=O) groups is 1. The first-order chi connectivity index (χ1) is 11.7. The summed E-state index contributed by atoms with van der Waals surface area (Å²) in [5.74, 6) is -0.226. The van der Waals surface area contributed by atoms with Gasteiger partial charge in [0.2, 0.25) is 0 Å². The van der Waals surface area contributed by atoms with Gasteiger partial charge in [-0.25, -0.2) is 0 Å². The van der Waals surface area contributed by atoms with Gasteiger partial charge in [-0.1, -0.05) is 41.9 Å². The van der Waals surface area contributed by atoms with Crippen molar-refractivity contribution in [3.05, 3.63) is 76.9 Å². The Morgan fingerprint density at radius 3 is 2.71 bits per heavy atom. The zero-order chi connectivity index (χ0) is 16.9. The molecule has 2 N–H and O–H groups in total. The average molecular weight is 341 g/mol. The van der Waals surface area contributed by atoms with Gasteiger partial charge in [0.1, 0.15) is 0 Å². The van der Waals surface area contributed by atoms with Gasteiger partial charge in [-0.3, -0.25) is 9.78 Å². The van der Waals surface area contributed by atoms with Crippen LogP contribution in [0.25, 0.3) is 10.9 Å². The highest BCUT2D eigenvalue weighted by atomic mass is 35.5. The van der Waals surface area contributed by atoms with E-state index < -0.39 is 6.10 Å². The summed E-state index contributed by atoms with van der Waals surface area (Å²) in [5, 5.41) is 14.3. The topological polar surface area (TPSA) is 62.2 Å². The molecule has 0 aliphatic carbocycles. The molecule has 0 bridgehead atoms. The third-order valence-corrected chi connectivity index (χ3v) is 4.18. The number of aromatic nitrogens is 1. The van der Waals surface area contributed by atoms with E-state index in [1.54, 1.807) is 24.4 Å². The summed E-state index contributed by atoms with van der Waals surface area (Å²) in [4.78, 5) is 16.7. The molecule has 0 aliphatic heterocycles. The second-order valence-corrected chi connectivity index (χ2v) is 5.87. The van der Waals surface area contributed by atoms with E-state index in [1.807, 2.05) is 36.4 Å². The number of benzene rings is 2. The van der Waals surface area contributed by atoms with Gasteiger partial charge in [0.05, 0.1) is 22.2 Å². The monoisotopic (exact) mass is 340 g/mol. The fourth-order valence-electron chi connectivity index (χ4n) is 2.58. The van der Waals surface area contributed by atoms with Crippen molar-refractivity contribution in [1.82, 2.24) is 10.3 Å². The molecule has 1 unspecified atom stereocenters. The molecule has 0 fully saturated rings. The first-order valence-corrected chi connectivity index (χ1v) is 8.09. The van der Waals surface area contributed by atoms with Crippen LogP contribution in [0.3, 0.4) is 0 Å². The molecule has 0 saturated heterocycles. The van der Waals surface area contributed by atoms with Gasteiger partial charge in [0, 0.05) is 18.1 Å². The molecule has 0 spiro atoms. The lowest BCUT2D eigenvalue weighted by atomic mass is 10.1. The molecular weight excluding hydrogens is 324 g/mol. The quantitative estimate of drug-likeness (QED) is 0.743. The first kappa shape index (κ1) is 16.4. The number of hydrogen-bond donors (Lipinski definition) is 2. The van der Waals surface area contributed by atoms with Gasteiger partial charge in [0.25, 0.3) is 5.91 Å². The fourth-order valence-corrected chi connectivity index (χ4v) is 2.80. The minimum Gasteiger partial charge on any atom is -0.388 e. The van der Waals surface area contributed by atoms with Crippen LogP contribution in [0.2, 0.25) is 5.02 Å². The van der Waals surface area contributed by atoms with Crippen LogP contribution in [0.15, 0.2) is 60.8 Å². The summed E-state index contributed by atoms with van der Waals surface area (Å²) in [6.45, 7) is 0.367. The number of aliphatic hydroxyl groups is 1. The Hall–Kier alpha value is -2.43. The number of aliphatic hydroxyl groups excluding tert-OH is 1. The maximum absolute atomic E-state index is 12.4. The van der Waals surface area contributed by atoms with Crippen molar-refractivity contribution in [2.75, 3.05) is 6.54 Å². The Labute approximate surface area is 145 Å². The maximum Gasteiger partial charge on any atom is 0.253 e. The van der Waals surface area contributed by atoms with Gasteiger partial charge in [-0.2, -0.15) is 0 Å². The number of pyridine rings is 1. The van der Waals surface area contributed by atoms with E-state index in [0.717, 1.165) is 10.9 Å². The Bertz CT molecular complexity index is 852. The molecule has 0 radical (unpaired) electrons. The van der Waals surface area contributed by atoms with Crippen LogP contribution in [0.5, 0.6) is 0 Å². The average Bonchev–Trinajstić information content (AvgIpc) is 2.63. The number of hydrogen-bond acceptors (Lipinski definition) is 3. The molecule has 1 amide bonds. The van der Waals surface area contributed by atoms with Gasteiger partial charge in [-0.15, -0.1) is 0 Å². The molecule has 5 heteroatoms. The second-order valence-electron chi connectivity index (χ2n) is 5.47. The zero-order valence-electron chi connectivity index (χ0n) is 12.9. The van der Waals surface area contributed by atoms with E-state index in [9.17, 15) is 9.90 Å². The van der Waals surface area contributed by atoms with Crippen molar-refractivity contribution < 1.29 is 9.90 Å². The van der Waals surface area contributed by atoms with Gasteiger partial charge in [-0.05, 0) is 36.2 Å². The van der Waals surface area contributed by atoms with Crippen LogP contribution < -0.4 is 5.32 Å². The molecule has 0 aliphatic rings. The standard InChI is InChI=1S/C19H17ClN2O2/c20-16-9-8-15(18-14(16)7-4-11-21-18)19(24)22-12-10-17(23)13-5-2-1-3-6-13/h1-9,11,17,23H,10,12H2,(H,22,24). The van der Waals surface area contributed by atoms with Crippen LogP contribution in [0, 0.1) is 0 Å². The van der Waals surface area contributed by atoms with Gasteiger partial charge in [0.15, 0.2) is 0 Å². The predicted molar refractivity (Wildman–Crippen MR) is 95.1 cm³/mol. The van der Waals surface area contributed by atoms with Crippen LogP contribution in [0.1, 0.15) is 28.4 Å². The normalized spacial score (nSPS) is 12.1. The summed E-state index contributed by atoms with van der Waals surface area (Å²) in [6, 6.07) is 16.4. The molecule has 4 nitrogen and oxygen atoms in total. The van der Waals surface area contributed by atoms with Crippen molar-refractivity contribution >= 4 is 28.4 Å². The molecule has 24 heavy (non-hydrogen) atoms. The van der Waals surface area contributed by atoms with E-state index in [1.165, 1.54) is 0 Å². The number of nitrogens with one attached hydrogen (secondary N) is 1. The highest BCUT2D eigenvalue weighted by Crippen LogP contribution is 2.24. The van der Waals surface area contributed by atoms with Gasteiger partial charge < -0.3 is 10.4 Å². The molecular formula is C19H17ClN2O2. The van der Waals surface area contributed by atoms with E-state index in [2.05, 4.69) is 10.3 Å². The van der Waals surface area contributed by atoms with Crippen LogP contribution in [-0.2, 0) is 0 Å². The van der Waals surface area contributed by atoms with Crippen molar-refractivity contribution in [3.8, 4) is 0 Å². The summed E-state index contributed by atoms with van der Waals surface area (Å²) in [6.07, 6.45) is 1.47. The highest BCUT2D eigenvalue weighted by molar-refractivity contribution is 6.36. The number of fused-ring (bicyclic) bond motifs is 1.